The fraction of sp³-hybridized carbons (Fsp3) is 0. The summed E-state index contributed by atoms with van der Waals surface area (Å²) in [6, 6.07) is 0. The maximum absolute atomic E-state index is 7.50. The Bertz CT molecular complexity index is 41.4. The fourth-order valence-electron chi connectivity index (χ4n) is 0. The van der Waals surface area contributed by atoms with Crippen LogP contribution in [0.2, 0.25) is 0 Å². The largest absolute Gasteiger partial charge is 0 e. The van der Waals surface area contributed by atoms with Crippen molar-refractivity contribution in [2.45, 2.75) is 0 Å². The average Bonchev–Trinajstić information content (AvgIpc) is 1.81. The number of nitriles is 1. The first kappa shape index (κ1) is 31.6. The van der Waals surface area contributed by atoms with E-state index in [0.29, 0.717) is 0 Å². The first-order valence-electron chi connectivity index (χ1n) is 0.666. The van der Waals surface area contributed by atoms with Gasteiger partial charge in [0.1, 0.15) is 0 Å². The normalized spacial score (nSPS) is 0.857. The minimum atomic E-state index is 0. The average molecular weight is 139 g/mol. The van der Waals surface area contributed by atoms with Gasteiger partial charge in [0.2, 0.25) is 0 Å². The van der Waals surface area contributed by atoms with Crippen LogP contribution in [0.3, 0.4) is 0 Å². The van der Waals surface area contributed by atoms with Crippen molar-refractivity contribution in [1.29, 1.82) is 5.26 Å². The molecule has 0 aromatic heterocycles. The van der Waals surface area contributed by atoms with Crippen LogP contribution in [0.1, 0.15) is 0 Å². The quantitative estimate of drug-likeness (QED) is 0.266. The van der Waals surface area contributed by atoms with E-state index in [2.05, 4.69) is 19.9 Å². The molecule has 0 rings (SSSR count). The summed E-state index contributed by atoms with van der Waals surface area (Å²) in [7, 11) is 0. The van der Waals surface area contributed by atoms with E-state index in [0.717, 1.165) is 0 Å². The van der Waals surface area contributed by atoms with Crippen molar-refractivity contribution in [2.24, 2.45) is 0 Å². The molecule has 0 aliphatic carbocycles. The first-order valence-corrected chi connectivity index (χ1v) is 0.666. The van der Waals surface area contributed by atoms with Crippen LogP contribution in [0.5, 0.6) is 0 Å². The van der Waals surface area contributed by atoms with E-state index in [1.165, 1.54) is 0 Å². The molecule has 0 spiro atoms. The summed E-state index contributed by atoms with van der Waals surface area (Å²) in [6.45, 7) is 12.5. The number of hydrogen-bond acceptors (Lipinski definition) is 1. The van der Waals surface area contributed by atoms with Crippen LogP contribution in [0.4, 0.5) is 0 Å². The van der Waals surface area contributed by atoms with Gasteiger partial charge in [0.15, 0.2) is 0 Å². The Morgan fingerprint density at radius 3 is 1.00 bits per heavy atom. The Hall–Kier alpha value is -0.511. The Morgan fingerprint density at radius 1 is 1.00 bits per heavy atom. The summed E-state index contributed by atoms with van der Waals surface area (Å²) >= 11 is 0. The van der Waals surface area contributed by atoms with Crippen LogP contribution in [-0.2, 0) is 26.4 Å². The molecule has 0 aliphatic rings. The van der Waals surface area contributed by atoms with Crippen molar-refractivity contribution in [3.8, 4) is 6.57 Å². The van der Waals surface area contributed by atoms with Crippen molar-refractivity contribution in [3.05, 3.63) is 13.3 Å². The first-order chi connectivity index (χ1) is 3.00. The summed E-state index contributed by atoms with van der Waals surface area (Å²) in [5.41, 5.74) is 0. The van der Waals surface area contributed by atoms with Gasteiger partial charge in [0.25, 0.3) is 0 Å². The molecule has 0 N–H and O–H groups in total. The van der Waals surface area contributed by atoms with Crippen LogP contribution in [0, 0.1) is 25.1 Å². The Balaban J connectivity index is -0.00000000900. The zero-order valence-corrected chi connectivity index (χ0v) is 4.30. The third-order valence-electron chi connectivity index (χ3n) is 0. The zero-order valence-electron chi connectivity index (χ0n) is 3.19. The number of rotatable bonds is 0. The molecule has 38 valence electrons. The maximum atomic E-state index is 7.50. The van der Waals surface area contributed by atoms with Crippen molar-refractivity contribution in [3.63, 3.8) is 0 Å². The van der Waals surface area contributed by atoms with Gasteiger partial charge in [-0.25, -0.2) is 5.26 Å². The molecule has 0 radical (unpaired) electrons. The predicted octanol–water partition coefficient (Wildman–Crippen LogP) is 0.0623. The van der Waals surface area contributed by atoms with Gasteiger partial charge in [-0.05, 0) is 0 Å². The smallest absolute Gasteiger partial charge is 0 e. The molecule has 4 heteroatoms. The molecule has 0 saturated carbocycles. The topological polar surface area (TPSA) is 63.6 Å². The van der Waals surface area contributed by atoms with Crippen molar-refractivity contribution < 1.29 is 26.4 Å². The molecule has 0 aromatic rings. The molecule has 0 fully saturated rings. The van der Waals surface area contributed by atoms with Crippen molar-refractivity contribution in [2.75, 3.05) is 0 Å². The second-order valence-electron chi connectivity index (χ2n) is 0. The summed E-state index contributed by atoms with van der Waals surface area (Å²) < 4.78 is 15.0. The van der Waals surface area contributed by atoms with Gasteiger partial charge in [-0.2, -0.15) is 0 Å². The van der Waals surface area contributed by atoms with Gasteiger partial charge in [-0.3, -0.25) is 0 Å². The molecule has 0 bridgehead atoms. The summed E-state index contributed by atoms with van der Waals surface area (Å²) in [6.07, 6.45) is 0. The van der Waals surface area contributed by atoms with E-state index in [-0.39, 0.29) is 17.1 Å². The summed E-state index contributed by atoms with van der Waals surface area (Å²) in [4.78, 5) is 0. The van der Waals surface area contributed by atoms with E-state index in [9.17, 15) is 0 Å². The van der Waals surface area contributed by atoms with Crippen molar-refractivity contribution in [1.82, 2.24) is 0 Å². The van der Waals surface area contributed by atoms with Gasteiger partial charge in [-0.1, -0.05) is 0 Å². The van der Waals surface area contributed by atoms with Crippen LogP contribution in [0.15, 0.2) is 0 Å². The second-order valence-corrected chi connectivity index (χ2v) is 0. The third kappa shape index (κ3) is 256. The minimum absolute atomic E-state index is 0. The predicted molar refractivity (Wildman–Crippen MR) is 14.5 cm³/mol. The molecule has 3 nitrogen and oxygen atoms in total. The molecular formula is C3HFeNO2. The molecule has 0 saturated heterocycles. The monoisotopic (exact) mass is 139 g/mol. The second kappa shape index (κ2) is 425. The van der Waals surface area contributed by atoms with Gasteiger partial charge in [0.05, 0.1) is 0 Å². The van der Waals surface area contributed by atoms with Crippen LogP contribution in [0.25, 0.3) is 0 Å². The van der Waals surface area contributed by atoms with E-state index >= 15 is 0 Å². The molecule has 7 heavy (non-hydrogen) atoms. The Morgan fingerprint density at radius 2 is 1.00 bits per heavy atom. The van der Waals surface area contributed by atoms with Crippen LogP contribution >= 0.6 is 0 Å². The molecule has 0 amide bonds. The third-order valence-corrected chi connectivity index (χ3v) is 0. The van der Waals surface area contributed by atoms with Gasteiger partial charge >= 0.3 is 22.6 Å². The van der Waals surface area contributed by atoms with Gasteiger partial charge in [0, 0.05) is 23.6 Å². The summed E-state index contributed by atoms with van der Waals surface area (Å²) in [5, 5.41) is 6.50. The van der Waals surface area contributed by atoms with E-state index in [1.54, 1.807) is 0 Å². The maximum Gasteiger partial charge on any atom is 0 e. The molecule has 0 heterocycles. The van der Waals surface area contributed by atoms with E-state index in [1.807, 2.05) is 0 Å². The Kier molecular flexibility index (Phi) is 1910. The molecular weight excluding hydrogens is 138 g/mol. The van der Waals surface area contributed by atoms with Crippen molar-refractivity contribution >= 4 is 0 Å². The SMILES string of the molecule is C#N.[C-]#[O+].[C-]#[O+].[Fe]. The number of hydrogen-bond donors (Lipinski definition) is 0. The van der Waals surface area contributed by atoms with E-state index in [4.69, 9.17) is 14.6 Å². The standard InChI is InChI=1S/CHN.2CO.Fe/c3*1-2;/h1H;;;. The number of nitrogens with zero attached hydrogens (tertiary/aromatic N) is 1. The fourth-order valence-corrected chi connectivity index (χ4v) is 0. The Labute approximate surface area is 52.2 Å². The van der Waals surface area contributed by atoms with Crippen LogP contribution < -0.4 is 0 Å². The zero-order chi connectivity index (χ0) is 6.00. The van der Waals surface area contributed by atoms with Crippen LogP contribution in [-0.4, -0.2) is 0 Å². The van der Waals surface area contributed by atoms with Gasteiger partial charge < -0.3 is 0 Å². The molecule has 0 aromatic carbocycles. The molecule has 0 atom stereocenters. The van der Waals surface area contributed by atoms with E-state index < -0.39 is 0 Å². The summed E-state index contributed by atoms with van der Waals surface area (Å²) in [5.74, 6) is 0. The van der Waals surface area contributed by atoms with Gasteiger partial charge in [-0.15, -0.1) is 0 Å². The molecule has 0 aliphatic heterocycles. The molecule has 0 unspecified atom stereocenters. The minimum Gasteiger partial charge on any atom is 0 e.